The lowest BCUT2D eigenvalue weighted by atomic mass is 10.2. The molecule has 0 aliphatic carbocycles. The van der Waals surface area contributed by atoms with Crippen LogP contribution in [-0.2, 0) is 0 Å². The highest BCUT2D eigenvalue weighted by Crippen LogP contribution is 2.25. The van der Waals surface area contributed by atoms with Crippen molar-refractivity contribution in [3.05, 3.63) is 45.8 Å². The molecule has 2 aromatic rings. The predicted molar refractivity (Wildman–Crippen MR) is 64.9 cm³/mol. The lowest BCUT2D eigenvalue weighted by Gasteiger charge is -2.02. The van der Waals surface area contributed by atoms with E-state index < -0.39 is 0 Å². The van der Waals surface area contributed by atoms with Crippen LogP contribution in [0.15, 0.2) is 35.1 Å². The monoisotopic (exact) mass is 282 g/mol. The van der Waals surface area contributed by atoms with Gasteiger partial charge in [-0.25, -0.2) is 0 Å². The molecule has 15 heavy (non-hydrogen) atoms. The fraction of sp³-hybridized carbons (Fsp3) is 0.0909. The van der Waals surface area contributed by atoms with Crippen LogP contribution in [0.5, 0.6) is 0 Å². The van der Waals surface area contributed by atoms with Crippen molar-refractivity contribution in [1.29, 1.82) is 0 Å². The summed E-state index contributed by atoms with van der Waals surface area (Å²) < 4.78 is 0.937. The van der Waals surface area contributed by atoms with Gasteiger partial charge in [0, 0.05) is 21.3 Å². The second-order valence-corrected chi connectivity index (χ2v) is 4.55. The number of benzene rings is 1. The van der Waals surface area contributed by atoms with E-state index in [0.717, 1.165) is 21.4 Å². The first-order chi connectivity index (χ1) is 7.15. The zero-order valence-electron chi connectivity index (χ0n) is 8.04. The zero-order chi connectivity index (χ0) is 10.8. The van der Waals surface area contributed by atoms with Gasteiger partial charge >= 0.3 is 0 Å². The second kappa shape index (κ2) is 4.29. The standard InChI is InChI=1S/C11H8BrClN2/c1-7-5-15-11(6-14-7)8-2-9(12)4-10(13)3-8/h2-6H,1H3. The van der Waals surface area contributed by atoms with Gasteiger partial charge in [-0.3, -0.25) is 9.97 Å². The fourth-order valence-corrected chi connectivity index (χ4v) is 2.10. The molecule has 4 heteroatoms. The van der Waals surface area contributed by atoms with E-state index in [9.17, 15) is 0 Å². The largest absolute Gasteiger partial charge is 0.258 e. The molecule has 2 nitrogen and oxygen atoms in total. The third-order valence-electron chi connectivity index (χ3n) is 1.94. The van der Waals surface area contributed by atoms with Crippen LogP contribution >= 0.6 is 27.5 Å². The highest BCUT2D eigenvalue weighted by Gasteiger charge is 2.02. The van der Waals surface area contributed by atoms with Gasteiger partial charge in [0.25, 0.3) is 0 Å². The molecule has 0 amide bonds. The van der Waals surface area contributed by atoms with Gasteiger partial charge in [0.15, 0.2) is 0 Å². The summed E-state index contributed by atoms with van der Waals surface area (Å²) in [4.78, 5) is 8.48. The molecule has 2 rings (SSSR count). The van der Waals surface area contributed by atoms with Gasteiger partial charge in [0.1, 0.15) is 0 Å². The second-order valence-electron chi connectivity index (χ2n) is 3.20. The minimum absolute atomic E-state index is 0.682. The van der Waals surface area contributed by atoms with Crippen molar-refractivity contribution in [3.63, 3.8) is 0 Å². The van der Waals surface area contributed by atoms with Gasteiger partial charge in [-0.05, 0) is 25.1 Å². The molecule has 0 saturated heterocycles. The Balaban J connectivity index is 2.49. The summed E-state index contributed by atoms with van der Waals surface area (Å²) in [5.41, 5.74) is 2.69. The van der Waals surface area contributed by atoms with Gasteiger partial charge in [-0.2, -0.15) is 0 Å². The maximum Gasteiger partial charge on any atom is 0.0886 e. The Morgan fingerprint density at radius 3 is 2.53 bits per heavy atom. The molecule has 0 atom stereocenters. The van der Waals surface area contributed by atoms with Gasteiger partial charge in [0.05, 0.1) is 17.6 Å². The Bertz CT molecular complexity index is 462. The molecule has 0 fully saturated rings. The SMILES string of the molecule is Cc1cnc(-c2cc(Cl)cc(Br)c2)cn1. The maximum atomic E-state index is 5.95. The highest BCUT2D eigenvalue weighted by molar-refractivity contribution is 9.10. The van der Waals surface area contributed by atoms with E-state index >= 15 is 0 Å². The number of halogens is 2. The number of aromatic nitrogens is 2. The van der Waals surface area contributed by atoms with E-state index in [1.807, 2.05) is 25.1 Å². The van der Waals surface area contributed by atoms with Gasteiger partial charge in [-0.1, -0.05) is 27.5 Å². The van der Waals surface area contributed by atoms with Crippen LogP contribution in [0.2, 0.25) is 5.02 Å². The summed E-state index contributed by atoms with van der Waals surface area (Å²) in [7, 11) is 0. The van der Waals surface area contributed by atoms with Crippen LogP contribution in [0.1, 0.15) is 5.69 Å². The summed E-state index contributed by atoms with van der Waals surface area (Å²) in [6, 6.07) is 5.67. The Morgan fingerprint density at radius 1 is 1.13 bits per heavy atom. The predicted octanol–water partition coefficient (Wildman–Crippen LogP) is 3.87. The van der Waals surface area contributed by atoms with Crippen LogP contribution in [0.3, 0.4) is 0 Å². The first kappa shape index (κ1) is 10.6. The zero-order valence-corrected chi connectivity index (χ0v) is 10.4. The Morgan fingerprint density at radius 2 is 1.93 bits per heavy atom. The van der Waals surface area contributed by atoms with Crippen LogP contribution in [0.4, 0.5) is 0 Å². The van der Waals surface area contributed by atoms with Crippen molar-refractivity contribution >= 4 is 27.5 Å². The smallest absolute Gasteiger partial charge is 0.0886 e. The third-order valence-corrected chi connectivity index (χ3v) is 2.62. The van der Waals surface area contributed by atoms with E-state index in [2.05, 4.69) is 25.9 Å². The number of rotatable bonds is 1. The molecule has 0 radical (unpaired) electrons. The molecular formula is C11H8BrClN2. The molecule has 0 N–H and O–H groups in total. The summed E-state index contributed by atoms with van der Waals surface area (Å²) in [6.07, 6.45) is 3.48. The number of hydrogen-bond donors (Lipinski definition) is 0. The summed E-state index contributed by atoms with van der Waals surface area (Å²) in [5.74, 6) is 0. The Hall–Kier alpha value is -0.930. The first-order valence-electron chi connectivity index (χ1n) is 4.40. The third kappa shape index (κ3) is 2.55. The lowest BCUT2D eigenvalue weighted by Crippen LogP contribution is -1.87. The van der Waals surface area contributed by atoms with E-state index in [1.54, 1.807) is 12.4 Å². The molecule has 76 valence electrons. The average Bonchev–Trinajstić information content (AvgIpc) is 2.17. The van der Waals surface area contributed by atoms with Gasteiger partial charge in [-0.15, -0.1) is 0 Å². The number of nitrogens with zero attached hydrogens (tertiary/aromatic N) is 2. The average molecular weight is 284 g/mol. The van der Waals surface area contributed by atoms with Crippen LogP contribution in [0, 0.1) is 6.92 Å². The van der Waals surface area contributed by atoms with Crippen molar-refractivity contribution < 1.29 is 0 Å². The Labute approximate surface area is 101 Å². The highest BCUT2D eigenvalue weighted by atomic mass is 79.9. The summed E-state index contributed by atoms with van der Waals surface area (Å²) in [5, 5.41) is 0.682. The van der Waals surface area contributed by atoms with Crippen molar-refractivity contribution in [2.75, 3.05) is 0 Å². The summed E-state index contributed by atoms with van der Waals surface area (Å²) >= 11 is 9.35. The summed E-state index contributed by atoms with van der Waals surface area (Å²) in [6.45, 7) is 1.91. The van der Waals surface area contributed by atoms with Crippen LogP contribution in [-0.4, -0.2) is 9.97 Å². The number of aryl methyl sites for hydroxylation is 1. The van der Waals surface area contributed by atoms with Crippen molar-refractivity contribution in [2.24, 2.45) is 0 Å². The minimum atomic E-state index is 0.682. The normalized spacial score (nSPS) is 10.3. The molecule has 0 unspecified atom stereocenters. The first-order valence-corrected chi connectivity index (χ1v) is 5.57. The molecule has 0 saturated carbocycles. The van der Waals surface area contributed by atoms with Crippen LogP contribution < -0.4 is 0 Å². The molecular weight excluding hydrogens is 275 g/mol. The quantitative estimate of drug-likeness (QED) is 0.794. The molecule has 1 heterocycles. The number of hydrogen-bond acceptors (Lipinski definition) is 2. The van der Waals surface area contributed by atoms with E-state index in [1.165, 1.54) is 0 Å². The van der Waals surface area contributed by atoms with Gasteiger partial charge in [0.2, 0.25) is 0 Å². The molecule has 1 aromatic heterocycles. The van der Waals surface area contributed by atoms with Crippen molar-refractivity contribution in [3.8, 4) is 11.3 Å². The van der Waals surface area contributed by atoms with Crippen molar-refractivity contribution in [1.82, 2.24) is 9.97 Å². The van der Waals surface area contributed by atoms with E-state index in [4.69, 9.17) is 11.6 Å². The minimum Gasteiger partial charge on any atom is -0.258 e. The molecule has 0 aliphatic rings. The lowest BCUT2D eigenvalue weighted by molar-refractivity contribution is 1.12. The van der Waals surface area contributed by atoms with Crippen LogP contribution in [0.25, 0.3) is 11.3 Å². The van der Waals surface area contributed by atoms with Crippen molar-refractivity contribution in [2.45, 2.75) is 6.92 Å². The fourth-order valence-electron chi connectivity index (χ4n) is 1.24. The topological polar surface area (TPSA) is 25.8 Å². The van der Waals surface area contributed by atoms with E-state index in [0.29, 0.717) is 5.02 Å². The molecule has 0 bridgehead atoms. The maximum absolute atomic E-state index is 5.95. The Kier molecular flexibility index (Phi) is 3.03. The molecule has 1 aromatic carbocycles. The molecule has 0 spiro atoms. The van der Waals surface area contributed by atoms with E-state index in [-0.39, 0.29) is 0 Å². The van der Waals surface area contributed by atoms with Gasteiger partial charge < -0.3 is 0 Å². The molecule has 0 aliphatic heterocycles.